The van der Waals surface area contributed by atoms with E-state index in [0.29, 0.717) is 0 Å². The molecular weight excluding hydrogens is 1700 g/mol. The molecule has 0 unspecified atom stereocenters. The van der Waals surface area contributed by atoms with Crippen molar-refractivity contribution < 1.29 is 170 Å². The second kappa shape index (κ2) is 30.7. The molecule has 0 bridgehead atoms. The first kappa shape index (κ1) is 84.8. The highest BCUT2D eigenvalue weighted by Crippen LogP contribution is 2.58. The van der Waals surface area contributed by atoms with Gasteiger partial charge in [0.15, 0.2) is 24.4 Å². The monoisotopic (exact) mass is 1750 g/mol. The predicted molar refractivity (Wildman–Crippen MR) is 333 cm³/mol. The number of fused-ring (bicyclic) bond motifs is 2. The standard InChI is InChI=1S/C20H26I.C16H6F9NO5S.C16H14O3S.C12H10I.C4HF9O3S/c1-19(2,3)15-7-11-17(12-8-15)21-18-13-9-16(10-14-18)20(4,5)6;17-14(18,19)13(15(20,21)22,16(23,24)25)32(29,30)31-26-11(27)8-5-1-3-7-4-2-6-9(10(7)8)12(26)28;1-10-13-5-3-4-6-14(13)11(2)16-9-12(20(17,18)19)7-8-15(10)16;1-3-7-11(8-4-1)13-12-9-5-2-6-10-12;5-1(6,3(9,10)11)2(7,8)4(12,13)17(14,15)16/h7-14H,1-6H3;1-6H;3-9H,1-2H3,(H,17,18,19);1-10H;(H,14,15,16)/q+1;;;+1;/p-2. The van der Waals surface area contributed by atoms with Crippen LogP contribution in [0.15, 0.2) is 193 Å². The molecule has 0 saturated heterocycles. The minimum Gasteiger partial charge on any atom is -0.744 e. The largest absolute Gasteiger partial charge is 0.744 e. The quantitative estimate of drug-likeness (QED) is 0.0393. The highest BCUT2D eigenvalue weighted by molar-refractivity contribution is 7.88. The van der Waals surface area contributed by atoms with Crippen molar-refractivity contribution in [3.8, 4) is 0 Å². The highest BCUT2D eigenvalue weighted by atomic mass is 127. The first-order chi connectivity index (χ1) is 46.9. The number of hydrogen-bond donors (Lipinski definition) is 0. The van der Waals surface area contributed by atoms with E-state index in [-0.39, 0.29) is 68.9 Å². The zero-order valence-corrected chi connectivity index (χ0v) is 60.9. The van der Waals surface area contributed by atoms with Gasteiger partial charge in [0, 0.05) is 5.39 Å². The van der Waals surface area contributed by atoms with Gasteiger partial charge in [0.05, 0.1) is 16.0 Å². The van der Waals surface area contributed by atoms with Crippen LogP contribution in [0.4, 0.5) is 79.0 Å². The van der Waals surface area contributed by atoms with Crippen LogP contribution in [0.5, 0.6) is 0 Å². The molecule has 0 aromatic heterocycles. The average Bonchev–Trinajstić information content (AvgIpc) is 0.695. The maximum Gasteiger partial charge on any atom is 0.460 e. The number of nitrogens with zero attached hydrogens (tertiary/aromatic N) is 1. The summed E-state index contributed by atoms with van der Waals surface area (Å²) in [5.41, 5.74) is 4.18. The molecular formula is C68H55F18I2NO11S3. The highest BCUT2D eigenvalue weighted by Gasteiger charge is 2.92. The molecule has 0 saturated carbocycles. The van der Waals surface area contributed by atoms with E-state index in [9.17, 15) is 123 Å². The maximum atomic E-state index is 13.1. The lowest BCUT2D eigenvalue weighted by Crippen LogP contribution is -3.61. The molecule has 10 rings (SSSR count). The van der Waals surface area contributed by atoms with E-state index in [1.54, 1.807) is 6.07 Å². The molecule has 12 nitrogen and oxygen atoms in total. The molecule has 103 heavy (non-hydrogen) atoms. The summed E-state index contributed by atoms with van der Waals surface area (Å²) in [6.45, 7) is 17.6. The zero-order chi connectivity index (χ0) is 78.1. The van der Waals surface area contributed by atoms with Gasteiger partial charge >= 0.3 is 99.1 Å². The summed E-state index contributed by atoms with van der Waals surface area (Å²) in [6.07, 6.45) is -29.8. The zero-order valence-electron chi connectivity index (χ0n) is 54.1. The molecule has 0 radical (unpaired) electrons. The second-order valence-electron chi connectivity index (χ2n) is 24.2. The molecule has 556 valence electrons. The number of amides is 2. The molecule has 0 fully saturated rings. The normalized spacial score (nSPS) is 13.8. The summed E-state index contributed by atoms with van der Waals surface area (Å²) in [5, 5.41) is -4.13. The van der Waals surface area contributed by atoms with Crippen molar-refractivity contribution in [3.63, 3.8) is 0 Å². The van der Waals surface area contributed by atoms with Crippen LogP contribution < -0.4 is 42.4 Å². The third-order valence-electron chi connectivity index (χ3n) is 15.1. The maximum absolute atomic E-state index is 13.1. The molecule has 1 heterocycles. The van der Waals surface area contributed by atoms with Gasteiger partial charge in [-0.05, 0) is 147 Å². The van der Waals surface area contributed by atoms with Crippen LogP contribution in [0, 0.1) is 28.1 Å². The van der Waals surface area contributed by atoms with Gasteiger partial charge in [-0.3, -0.25) is 9.59 Å². The van der Waals surface area contributed by atoms with E-state index in [0.717, 1.165) is 56.9 Å². The Hall–Kier alpha value is -7.17. The Labute approximate surface area is 598 Å². The summed E-state index contributed by atoms with van der Waals surface area (Å²) >= 11 is -0.0416. The van der Waals surface area contributed by atoms with Crippen LogP contribution in [-0.4, -0.2) is 97.8 Å². The number of alkyl halides is 18. The lowest BCUT2D eigenvalue weighted by Gasteiger charge is -2.37. The van der Waals surface area contributed by atoms with E-state index in [4.69, 9.17) is 0 Å². The average molecular weight is 1750 g/mol. The lowest BCUT2D eigenvalue weighted by atomic mass is 9.87. The topological polar surface area (TPSA) is 195 Å². The Kier molecular flexibility index (Phi) is 25.3. The predicted octanol–water partition coefficient (Wildman–Crippen LogP) is 11.8. The molecule has 1 aliphatic rings. The number of benzene rings is 9. The van der Waals surface area contributed by atoms with Crippen LogP contribution in [0.1, 0.15) is 84.5 Å². The Bertz CT molecular complexity index is 4740. The smallest absolute Gasteiger partial charge is 0.460 e. The van der Waals surface area contributed by atoms with E-state index in [1.165, 1.54) is 49.7 Å². The first-order valence-corrected chi connectivity index (χ1v) is 37.6. The molecule has 9 aromatic carbocycles. The Morgan fingerprint density at radius 2 is 0.728 bits per heavy atom. The minimum atomic E-state index is -7.88. The Morgan fingerprint density at radius 1 is 0.388 bits per heavy atom. The third-order valence-corrected chi connectivity index (χ3v) is 23.9. The summed E-state index contributed by atoms with van der Waals surface area (Å²) in [5.74, 6) is -18.6. The van der Waals surface area contributed by atoms with Crippen molar-refractivity contribution in [3.05, 3.63) is 236 Å². The number of carbonyl (C=O) groups is 2. The fourth-order valence-corrected chi connectivity index (χ4v) is 16.3. The van der Waals surface area contributed by atoms with Gasteiger partial charge in [-0.25, -0.2) is 16.8 Å². The molecule has 0 N–H and O–H groups in total. The van der Waals surface area contributed by atoms with Gasteiger partial charge in [-0.15, -0.1) is 9.35 Å². The van der Waals surface area contributed by atoms with Crippen LogP contribution in [0.25, 0.3) is 32.3 Å². The van der Waals surface area contributed by atoms with Crippen LogP contribution in [-0.2, 0) is 45.5 Å². The van der Waals surface area contributed by atoms with Crippen LogP contribution >= 0.6 is 0 Å². The number of hydrogen-bond acceptors (Lipinski definition) is 11. The van der Waals surface area contributed by atoms with Gasteiger partial charge < -0.3 is 9.11 Å². The summed E-state index contributed by atoms with van der Waals surface area (Å²) in [6, 6.07) is 59.2. The number of aryl methyl sites for hydroxylation is 2. The fourth-order valence-electron chi connectivity index (χ4n) is 9.63. The molecule has 0 atom stereocenters. The molecule has 35 heteroatoms. The van der Waals surface area contributed by atoms with Crippen LogP contribution in [0.2, 0.25) is 0 Å². The number of hydroxylamine groups is 2. The van der Waals surface area contributed by atoms with Crippen molar-refractivity contribution >= 4 is 74.5 Å². The minimum absolute atomic E-state index is 0.0287. The van der Waals surface area contributed by atoms with E-state index >= 15 is 0 Å². The first-order valence-electron chi connectivity index (χ1n) is 29.1. The molecule has 0 aliphatic carbocycles. The molecule has 9 aromatic rings. The number of halogens is 20. The number of imide groups is 1. The van der Waals surface area contributed by atoms with Gasteiger partial charge in [0.1, 0.15) is 10.1 Å². The second-order valence-corrected chi connectivity index (χ2v) is 34.7. The van der Waals surface area contributed by atoms with Gasteiger partial charge in [0.2, 0.25) is 0 Å². The molecule has 1 aliphatic heterocycles. The van der Waals surface area contributed by atoms with E-state index < -0.39 is 105 Å². The van der Waals surface area contributed by atoms with Gasteiger partial charge in [0.25, 0.3) is 11.8 Å². The third kappa shape index (κ3) is 18.2. The Balaban J connectivity index is 0.000000209. The van der Waals surface area contributed by atoms with Gasteiger partial charge in [-0.1, -0.05) is 157 Å². The summed E-state index contributed by atoms with van der Waals surface area (Å²) in [4.78, 5) is 24.7. The Morgan fingerprint density at radius 3 is 1.06 bits per heavy atom. The lowest BCUT2D eigenvalue weighted by molar-refractivity contribution is -0.597. The van der Waals surface area contributed by atoms with Crippen molar-refractivity contribution in [2.45, 2.75) is 118 Å². The van der Waals surface area contributed by atoms with E-state index in [1.807, 2.05) is 32.0 Å². The van der Waals surface area contributed by atoms with Crippen molar-refractivity contribution in [1.29, 1.82) is 0 Å². The van der Waals surface area contributed by atoms with Crippen molar-refractivity contribution in [1.82, 2.24) is 5.06 Å². The molecule has 0 spiro atoms. The number of rotatable bonds is 11. The van der Waals surface area contributed by atoms with Gasteiger partial charge in [-0.2, -0.15) is 87.4 Å². The SMILES string of the molecule is CC(C)(C)c1ccc([I+]c2ccc(C(C)(C)C)cc2)cc1.Cc1c2ccccc2c(C)c2cc(S(=O)(=O)[O-])ccc12.O=C1c2cccc3cccc(c23)C(=O)N1OS(=O)(=O)C(C(F)(F)F)(C(F)(F)F)C(F)(F)F.O=S(=O)([O-])C(F)(F)C(F)(F)C(F)(F)C(F)(F)F.c1ccc([I+]c2ccccc2)cc1. The summed E-state index contributed by atoms with van der Waals surface area (Å²) in [7, 11) is -19.7. The van der Waals surface area contributed by atoms with Crippen LogP contribution in [0.3, 0.4) is 0 Å². The summed E-state index contributed by atoms with van der Waals surface area (Å²) < 4.78 is 313. The molecule has 2 amide bonds. The van der Waals surface area contributed by atoms with Crippen molar-refractivity contribution in [2.75, 3.05) is 0 Å². The van der Waals surface area contributed by atoms with E-state index in [2.05, 4.69) is 161 Å². The van der Waals surface area contributed by atoms with Crippen molar-refractivity contribution in [2.24, 2.45) is 0 Å². The fraction of sp³-hybridized carbons (Fsp3) is 0.265. The number of carbonyl (C=O) groups excluding carboxylic acids is 2.